The van der Waals surface area contributed by atoms with Crippen molar-refractivity contribution in [3.8, 4) is 0 Å². The number of allylic oxidation sites excluding steroid dienone is 4. The number of carboxylic acids is 1. The summed E-state index contributed by atoms with van der Waals surface area (Å²) in [5, 5.41) is 8.90. The molecule has 1 fully saturated rings. The van der Waals surface area contributed by atoms with Crippen molar-refractivity contribution in [2.24, 2.45) is 5.92 Å². The minimum atomic E-state index is -0.950. The number of rotatable bonds is 7. The molecule has 0 bridgehead atoms. The maximum atomic E-state index is 10.8. The first-order chi connectivity index (χ1) is 9.90. The van der Waals surface area contributed by atoms with E-state index in [1.54, 1.807) is 0 Å². The molecule has 0 aromatic heterocycles. The Morgan fingerprint density at radius 2 is 2.00 bits per heavy atom. The first-order valence-corrected chi connectivity index (χ1v) is 7.72. The van der Waals surface area contributed by atoms with Gasteiger partial charge in [0.15, 0.2) is 0 Å². The highest BCUT2D eigenvalue weighted by molar-refractivity contribution is 5.86. The SMILES string of the molecule is C=C(C(=O)O)[C@H]1CC[C@H](C/C=C(\C)CCC=C(C)C)CO1. The molecule has 1 saturated heterocycles. The Balaban J connectivity index is 2.31. The Kier molecular flexibility index (Phi) is 7.44. The Hall–Kier alpha value is -1.35. The number of hydrogen-bond donors (Lipinski definition) is 1. The highest BCUT2D eigenvalue weighted by Crippen LogP contribution is 2.26. The van der Waals surface area contributed by atoms with Crippen LogP contribution in [0.25, 0.3) is 0 Å². The Morgan fingerprint density at radius 1 is 1.29 bits per heavy atom. The van der Waals surface area contributed by atoms with Crippen LogP contribution >= 0.6 is 0 Å². The van der Waals surface area contributed by atoms with E-state index in [9.17, 15) is 4.79 Å². The fourth-order valence-electron chi connectivity index (χ4n) is 2.46. The Labute approximate surface area is 128 Å². The number of carbonyl (C=O) groups is 1. The summed E-state index contributed by atoms with van der Waals surface area (Å²) in [7, 11) is 0. The lowest BCUT2D eigenvalue weighted by atomic mass is 9.92. The van der Waals surface area contributed by atoms with Gasteiger partial charge < -0.3 is 9.84 Å². The van der Waals surface area contributed by atoms with Crippen molar-refractivity contribution in [3.05, 3.63) is 35.5 Å². The third-order valence-electron chi connectivity index (χ3n) is 3.92. The van der Waals surface area contributed by atoms with Gasteiger partial charge in [-0.2, -0.15) is 0 Å². The largest absolute Gasteiger partial charge is 0.478 e. The van der Waals surface area contributed by atoms with E-state index < -0.39 is 5.97 Å². The van der Waals surface area contributed by atoms with Crippen molar-refractivity contribution in [3.63, 3.8) is 0 Å². The molecule has 1 heterocycles. The summed E-state index contributed by atoms with van der Waals surface area (Å²) in [6.07, 6.45) is 9.27. The molecule has 3 nitrogen and oxygen atoms in total. The summed E-state index contributed by atoms with van der Waals surface area (Å²) in [6.45, 7) is 10.6. The molecule has 21 heavy (non-hydrogen) atoms. The molecular formula is C18H28O3. The van der Waals surface area contributed by atoms with Crippen molar-refractivity contribution in [2.45, 2.75) is 59.0 Å². The van der Waals surface area contributed by atoms with E-state index in [0.29, 0.717) is 12.5 Å². The van der Waals surface area contributed by atoms with Crippen LogP contribution in [0.2, 0.25) is 0 Å². The van der Waals surface area contributed by atoms with Gasteiger partial charge in [0.25, 0.3) is 0 Å². The molecule has 0 radical (unpaired) electrons. The van der Waals surface area contributed by atoms with E-state index in [2.05, 4.69) is 39.5 Å². The molecule has 2 atom stereocenters. The zero-order chi connectivity index (χ0) is 15.8. The van der Waals surface area contributed by atoms with Gasteiger partial charge in [-0.15, -0.1) is 0 Å². The van der Waals surface area contributed by atoms with Crippen LogP contribution in [-0.2, 0) is 9.53 Å². The van der Waals surface area contributed by atoms with Crippen LogP contribution in [0.15, 0.2) is 35.5 Å². The van der Waals surface area contributed by atoms with Crippen LogP contribution in [-0.4, -0.2) is 23.8 Å². The van der Waals surface area contributed by atoms with Crippen LogP contribution in [0.4, 0.5) is 0 Å². The zero-order valence-electron chi connectivity index (χ0n) is 13.5. The van der Waals surface area contributed by atoms with Crippen LogP contribution in [0, 0.1) is 5.92 Å². The minimum Gasteiger partial charge on any atom is -0.478 e. The van der Waals surface area contributed by atoms with Crippen molar-refractivity contribution in [2.75, 3.05) is 6.61 Å². The van der Waals surface area contributed by atoms with Gasteiger partial charge in [0.2, 0.25) is 0 Å². The number of hydrogen-bond acceptors (Lipinski definition) is 2. The van der Waals surface area contributed by atoms with E-state index in [-0.39, 0.29) is 11.7 Å². The van der Waals surface area contributed by atoms with Gasteiger partial charge in [-0.25, -0.2) is 4.79 Å². The number of ether oxygens (including phenoxy) is 1. The van der Waals surface area contributed by atoms with E-state index in [0.717, 1.165) is 32.1 Å². The molecule has 1 rings (SSSR count). The average Bonchev–Trinajstić information content (AvgIpc) is 2.44. The maximum absolute atomic E-state index is 10.8. The Bertz CT molecular complexity index is 420. The minimum absolute atomic E-state index is 0.182. The van der Waals surface area contributed by atoms with E-state index in [4.69, 9.17) is 9.84 Å². The van der Waals surface area contributed by atoms with Crippen molar-refractivity contribution >= 4 is 5.97 Å². The molecule has 0 aromatic rings. The van der Waals surface area contributed by atoms with E-state index >= 15 is 0 Å². The molecular weight excluding hydrogens is 264 g/mol. The van der Waals surface area contributed by atoms with Crippen molar-refractivity contribution in [1.82, 2.24) is 0 Å². The molecule has 0 aliphatic carbocycles. The summed E-state index contributed by atoms with van der Waals surface area (Å²) in [6, 6.07) is 0. The predicted molar refractivity (Wildman–Crippen MR) is 86.3 cm³/mol. The summed E-state index contributed by atoms with van der Waals surface area (Å²) in [5.74, 6) is -0.449. The summed E-state index contributed by atoms with van der Waals surface area (Å²) in [5.41, 5.74) is 2.97. The molecule has 1 aliphatic heterocycles. The summed E-state index contributed by atoms with van der Waals surface area (Å²) >= 11 is 0. The van der Waals surface area contributed by atoms with Crippen LogP contribution in [0.3, 0.4) is 0 Å². The second-order valence-electron chi connectivity index (χ2n) is 6.20. The van der Waals surface area contributed by atoms with Crippen LogP contribution < -0.4 is 0 Å². The second kappa shape index (κ2) is 8.83. The topological polar surface area (TPSA) is 46.5 Å². The summed E-state index contributed by atoms with van der Waals surface area (Å²) in [4.78, 5) is 10.8. The predicted octanol–water partition coefficient (Wildman–Crippen LogP) is 4.51. The third kappa shape index (κ3) is 6.76. The maximum Gasteiger partial charge on any atom is 0.333 e. The molecule has 0 aromatic carbocycles. The van der Waals surface area contributed by atoms with Gasteiger partial charge in [0, 0.05) is 0 Å². The first-order valence-electron chi connectivity index (χ1n) is 7.72. The molecule has 0 saturated carbocycles. The van der Waals surface area contributed by atoms with Gasteiger partial charge in [-0.3, -0.25) is 0 Å². The molecule has 0 unspecified atom stereocenters. The standard InChI is InChI=1S/C18H28O3/c1-13(2)6-5-7-14(3)8-9-16-10-11-17(21-12-16)15(4)18(19)20/h6,8,16-17H,4-5,7,9-12H2,1-3H3,(H,19,20)/b14-8+/t16-,17+/m0/s1. The van der Waals surface area contributed by atoms with Crippen LogP contribution in [0.1, 0.15) is 52.9 Å². The smallest absolute Gasteiger partial charge is 0.333 e. The van der Waals surface area contributed by atoms with Crippen molar-refractivity contribution < 1.29 is 14.6 Å². The lowest BCUT2D eigenvalue weighted by Gasteiger charge is -2.28. The first kappa shape index (κ1) is 17.7. The quantitative estimate of drug-likeness (QED) is 0.555. The molecule has 0 spiro atoms. The Morgan fingerprint density at radius 3 is 2.52 bits per heavy atom. The van der Waals surface area contributed by atoms with Gasteiger partial charge in [0.05, 0.1) is 18.3 Å². The van der Waals surface area contributed by atoms with Crippen molar-refractivity contribution in [1.29, 1.82) is 0 Å². The number of carboxylic acid groups (broad SMARTS) is 1. The van der Waals surface area contributed by atoms with Gasteiger partial charge in [-0.05, 0) is 58.8 Å². The van der Waals surface area contributed by atoms with Gasteiger partial charge in [0.1, 0.15) is 0 Å². The zero-order valence-corrected chi connectivity index (χ0v) is 13.5. The highest BCUT2D eigenvalue weighted by atomic mass is 16.5. The third-order valence-corrected chi connectivity index (χ3v) is 3.92. The molecule has 0 amide bonds. The van der Waals surface area contributed by atoms with E-state index in [1.165, 1.54) is 11.1 Å². The second-order valence-corrected chi connectivity index (χ2v) is 6.20. The number of aliphatic carboxylic acids is 1. The van der Waals surface area contributed by atoms with Gasteiger partial charge >= 0.3 is 5.97 Å². The molecule has 118 valence electrons. The van der Waals surface area contributed by atoms with Gasteiger partial charge in [-0.1, -0.05) is 29.9 Å². The summed E-state index contributed by atoms with van der Waals surface area (Å²) < 4.78 is 5.64. The lowest BCUT2D eigenvalue weighted by Crippen LogP contribution is -2.29. The van der Waals surface area contributed by atoms with Crippen LogP contribution in [0.5, 0.6) is 0 Å². The molecule has 1 aliphatic rings. The fourth-order valence-corrected chi connectivity index (χ4v) is 2.46. The molecule has 3 heteroatoms. The normalized spacial score (nSPS) is 22.7. The van der Waals surface area contributed by atoms with E-state index in [1.807, 2.05) is 0 Å². The molecule has 1 N–H and O–H groups in total. The average molecular weight is 292 g/mol. The highest BCUT2D eigenvalue weighted by Gasteiger charge is 2.25. The monoisotopic (exact) mass is 292 g/mol. The fraction of sp³-hybridized carbons (Fsp3) is 0.611. The lowest BCUT2D eigenvalue weighted by molar-refractivity contribution is -0.134.